The van der Waals surface area contributed by atoms with Gasteiger partial charge in [-0.25, -0.2) is 4.79 Å². The number of carbonyl (C=O) groups is 1. The van der Waals surface area contributed by atoms with E-state index in [-0.39, 0.29) is 12.1 Å². The highest BCUT2D eigenvalue weighted by Gasteiger charge is 2.27. The average molecular weight is 394 g/mol. The number of hydrogen-bond donors (Lipinski definition) is 1. The lowest BCUT2D eigenvalue weighted by atomic mass is 10.1. The maximum atomic E-state index is 12.6. The molecule has 26 heavy (non-hydrogen) atoms. The van der Waals surface area contributed by atoms with Gasteiger partial charge in [0.2, 0.25) is 0 Å². The van der Waals surface area contributed by atoms with Crippen LogP contribution < -0.4 is 15.0 Å². The van der Waals surface area contributed by atoms with Gasteiger partial charge in [-0.3, -0.25) is 0 Å². The number of piperazine rings is 1. The van der Waals surface area contributed by atoms with E-state index in [9.17, 15) is 4.79 Å². The molecule has 138 valence electrons. The highest BCUT2D eigenvalue weighted by atomic mass is 35.5. The average Bonchev–Trinajstić information content (AvgIpc) is 2.65. The first-order valence-corrected chi connectivity index (χ1v) is 9.16. The molecule has 2 amide bonds. The van der Waals surface area contributed by atoms with Gasteiger partial charge in [0, 0.05) is 31.4 Å². The number of carbonyl (C=O) groups excluding carboxylic acids is 1. The number of methoxy groups -OCH3 is 1. The van der Waals surface area contributed by atoms with Crippen LogP contribution in [0.5, 0.6) is 5.75 Å². The van der Waals surface area contributed by atoms with Crippen molar-refractivity contribution in [1.29, 1.82) is 0 Å². The lowest BCUT2D eigenvalue weighted by molar-refractivity contribution is 0.200. The Balaban J connectivity index is 1.64. The Morgan fingerprint density at radius 2 is 1.88 bits per heavy atom. The molecule has 1 saturated heterocycles. The van der Waals surface area contributed by atoms with Gasteiger partial charge in [0.15, 0.2) is 0 Å². The lowest BCUT2D eigenvalue weighted by Gasteiger charge is -2.41. The molecule has 3 rings (SSSR count). The summed E-state index contributed by atoms with van der Waals surface area (Å²) in [4.78, 5) is 16.7. The SMILES string of the molecule is COc1ccc(N2CCN(C(=O)Nc3cccc(Cl)c3Cl)CC2C)cc1. The number of amides is 2. The van der Waals surface area contributed by atoms with Crippen LogP contribution in [0, 0.1) is 0 Å². The summed E-state index contributed by atoms with van der Waals surface area (Å²) < 4.78 is 5.21. The Morgan fingerprint density at radius 1 is 1.15 bits per heavy atom. The molecule has 5 nitrogen and oxygen atoms in total. The molecule has 0 aliphatic carbocycles. The summed E-state index contributed by atoms with van der Waals surface area (Å²) in [7, 11) is 1.65. The van der Waals surface area contributed by atoms with Gasteiger partial charge in [0.1, 0.15) is 5.75 Å². The molecule has 1 heterocycles. The van der Waals surface area contributed by atoms with Gasteiger partial charge in [-0.15, -0.1) is 0 Å². The van der Waals surface area contributed by atoms with Crippen molar-refractivity contribution in [2.45, 2.75) is 13.0 Å². The summed E-state index contributed by atoms with van der Waals surface area (Å²) in [6.45, 7) is 4.11. The zero-order valence-corrected chi connectivity index (χ0v) is 16.2. The van der Waals surface area contributed by atoms with E-state index in [1.165, 1.54) is 0 Å². The molecule has 1 unspecified atom stereocenters. The van der Waals surface area contributed by atoms with E-state index < -0.39 is 0 Å². The molecular weight excluding hydrogens is 373 g/mol. The summed E-state index contributed by atoms with van der Waals surface area (Å²) in [6.07, 6.45) is 0. The molecule has 1 N–H and O–H groups in total. The van der Waals surface area contributed by atoms with Crippen LogP contribution in [0.3, 0.4) is 0 Å². The third kappa shape index (κ3) is 4.00. The number of anilines is 2. The van der Waals surface area contributed by atoms with Gasteiger partial charge in [0.05, 0.1) is 22.8 Å². The second kappa shape index (κ2) is 8.06. The Hall–Kier alpha value is -2.11. The highest BCUT2D eigenvalue weighted by molar-refractivity contribution is 6.43. The van der Waals surface area contributed by atoms with Gasteiger partial charge >= 0.3 is 6.03 Å². The molecule has 0 bridgehead atoms. The van der Waals surface area contributed by atoms with Gasteiger partial charge < -0.3 is 19.9 Å². The van der Waals surface area contributed by atoms with E-state index in [4.69, 9.17) is 27.9 Å². The first-order chi connectivity index (χ1) is 12.5. The smallest absolute Gasteiger partial charge is 0.322 e. The van der Waals surface area contributed by atoms with Crippen LogP contribution >= 0.6 is 23.2 Å². The summed E-state index contributed by atoms with van der Waals surface area (Å²) in [5.74, 6) is 0.831. The zero-order valence-electron chi connectivity index (χ0n) is 14.7. The van der Waals surface area contributed by atoms with Crippen molar-refractivity contribution in [3.8, 4) is 5.75 Å². The Kier molecular flexibility index (Phi) is 5.79. The maximum absolute atomic E-state index is 12.6. The normalized spacial score (nSPS) is 17.2. The summed E-state index contributed by atoms with van der Waals surface area (Å²) >= 11 is 12.2. The fourth-order valence-electron chi connectivity index (χ4n) is 3.09. The second-order valence-corrected chi connectivity index (χ2v) is 7.00. The van der Waals surface area contributed by atoms with Gasteiger partial charge in [0.25, 0.3) is 0 Å². The molecule has 7 heteroatoms. The van der Waals surface area contributed by atoms with Crippen molar-refractivity contribution < 1.29 is 9.53 Å². The molecule has 0 aromatic heterocycles. The summed E-state index contributed by atoms with van der Waals surface area (Å²) in [6, 6.07) is 13.2. The summed E-state index contributed by atoms with van der Waals surface area (Å²) in [5.41, 5.74) is 1.64. The van der Waals surface area contributed by atoms with Crippen LogP contribution in [-0.4, -0.2) is 43.7 Å². The van der Waals surface area contributed by atoms with Crippen LogP contribution in [-0.2, 0) is 0 Å². The van der Waals surface area contributed by atoms with Gasteiger partial charge in [-0.2, -0.15) is 0 Å². The van der Waals surface area contributed by atoms with Crippen LogP contribution in [0.1, 0.15) is 6.92 Å². The number of benzene rings is 2. The maximum Gasteiger partial charge on any atom is 0.322 e. The fraction of sp³-hybridized carbons (Fsp3) is 0.316. The molecule has 2 aromatic carbocycles. The molecule has 0 spiro atoms. The number of urea groups is 1. The highest BCUT2D eigenvalue weighted by Crippen LogP contribution is 2.30. The van der Waals surface area contributed by atoms with Crippen molar-refractivity contribution in [3.63, 3.8) is 0 Å². The van der Waals surface area contributed by atoms with E-state index in [1.54, 1.807) is 30.2 Å². The number of nitrogens with one attached hydrogen (secondary N) is 1. The van der Waals surface area contributed by atoms with Crippen molar-refractivity contribution in [2.24, 2.45) is 0 Å². The third-order valence-corrected chi connectivity index (χ3v) is 5.33. The number of hydrogen-bond acceptors (Lipinski definition) is 3. The number of halogens is 2. The Morgan fingerprint density at radius 3 is 2.54 bits per heavy atom. The van der Waals surface area contributed by atoms with Crippen molar-refractivity contribution in [2.75, 3.05) is 37.0 Å². The van der Waals surface area contributed by atoms with Crippen molar-refractivity contribution >= 4 is 40.6 Å². The predicted molar refractivity (Wildman–Crippen MR) is 107 cm³/mol. The van der Waals surface area contributed by atoms with Crippen LogP contribution in [0.2, 0.25) is 10.0 Å². The standard InChI is InChI=1S/C19H21Cl2N3O2/c1-13-12-23(19(25)22-17-5-3-4-16(20)18(17)21)10-11-24(13)14-6-8-15(26-2)9-7-14/h3-9,13H,10-12H2,1-2H3,(H,22,25). The van der Waals surface area contributed by atoms with E-state index in [2.05, 4.69) is 17.1 Å². The Labute approximate surface area is 163 Å². The molecule has 0 saturated carbocycles. The van der Waals surface area contributed by atoms with Gasteiger partial charge in [-0.05, 0) is 43.3 Å². The minimum Gasteiger partial charge on any atom is -0.497 e. The molecule has 2 aromatic rings. The zero-order chi connectivity index (χ0) is 18.7. The van der Waals surface area contributed by atoms with Crippen LogP contribution in [0.15, 0.2) is 42.5 Å². The van der Waals surface area contributed by atoms with E-state index in [0.717, 1.165) is 18.0 Å². The van der Waals surface area contributed by atoms with E-state index in [1.807, 2.05) is 24.3 Å². The summed E-state index contributed by atoms with van der Waals surface area (Å²) in [5, 5.41) is 3.62. The molecule has 1 aliphatic heterocycles. The minimum atomic E-state index is -0.171. The monoisotopic (exact) mass is 393 g/mol. The molecule has 1 aliphatic rings. The molecular formula is C19H21Cl2N3O2. The van der Waals surface area contributed by atoms with Crippen LogP contribution in [0.4, 0.5) is 16.2 Å². The molecule has 0 radical (unpaired) electrons. The number of nitrogens with zero attached hydrogens (tertiary/aromatic N) is 2. The first-order valence-electron chi connectivity index (χ1n) is 8.40. The third-order valence-electron chi connectivity index (χ3n) is 4.51. The largest absolute Gasteiger partial charge is 0.497 e. The van der Waals surface area contributed by atoms with E-state index in [0.29, 0.717) is 28.8 Å². The first kappa shape index (κ1) is 18.7. The quantitative estimate of drug-likeness (QED) is 0.818. The Bertz CT molecular complexity index is 783. The lowest BCUT2D eigenvalue weighted by Crippen LogP contribution is -2.54. The minimum absolute atomic E-state index is 0.171. The predicted octanol–water partition coefficient (Wildman–Crippen LogP) is 4.74. The van der Waals surface area contributed by atoms with E-state index >= 15 is 0 Å². The second-order valence-electron chi connectivity index (χ2n) is 6.22. The fourth-order valence-corrected chi connectivity index (χ4v) is 3.44. The molecule has 1 fully saturated rings. The van der Waals surface area contributed by atoms with Crippen molar-refractivity contribution in [3.05, 3.63) is 52.5 Å². The topological polar surface area (TPSA) is 44.8 Å². The molecule has 1 atom stereocenters. The number of rotatable bonds is 3. The van der Waals surface area contributed by atoms with Gasteiger partial charge in [-0.1, -0.05) is 29.3 Å². The number of ether oxygens (including phenoxy) is 1. The van der Waals surface area contributed by atoms with Crippen molar-refractivity contribution in [1.82, 2.24) is 4.90 Å². The van der Waals surface area contributed by atoms with Crippen LogP contribution in [0.25, 0.3) is 0 Å².